The van der Waals surface area contributed by atoms with E-state index >= 15 is 0 Å². The fraction of sp³-hybridized carbons (Fsp3) is 0.562. The Bertz CT molecular complexity index is 533. The molecule has 2 aliphatic carbocycles. The molecule has 0 aliphatic heterocycles. The second kappa shape index (κ2) is 5.61. The number of carbonyl (C=O) groups excluding carboxylic acids is 1. The van der Waals surface area contributed by atoms with E-state index in [0.29, 0.717) is 16.5 Å². The van der Waals surface area contributed by atoms with Crippen LogP contribution in [0.2, 0.25) is 5.02 Å². The lowest BCUT2D eigenvalue weighted by Gasteiger charge is -2.27. The molecule has 2 nitrogen and oxygen atoms in total. The van der Waals surface area contributed by atoms with E-state index in [0.717, 1.165) is 23.3 Å². The van der Waals surface area contributed by atoms with Crippen LogP contribution >= 0.6 is 24.2 Å². The van der Waals surface area contributed by atoms with Crippen molar-refractivity contribution in [2.75, 3.05) is 13.6 Å². The third-order valence-electron chi connectivity index (χ3n) is 4.92. The molecule has 2 fully saturated rings. The summed E-state index contributed by atoms with van der Waals surface area (Å²) in [5.74, 6) is 2.44. The maximum atomic E-state index is 12.5. The number of fused-ring (bicyclic) bond motifs is 2. The van der Waals surface area contributed by atoms with Crippen molar-refractivity contribution in [3.8, 4) is 0 Å². The normalized spacial score (nSPS) is 27.9. The van der Waals surface area contributed by atoms with Crippen LogP contribution in [-0.2, 0) is 0 Å². The zero-order chi connectivity index (χ0) is 14.3. The maximum Gasteiger partial charge on any atom is 0.255 e. The summed E-state index contributed by atoms with van der Waals surface area (Å²) in [7, 11) is 1.88. The summed E-state index contributed by atoms with van der Waals surface area (Å²) in [6.45, 7) is 0.854. The summed E-state index contributed by atoms with van der Waals surface area (Å²) < 4.78 is 0. The molecule has 0 spiro atoms. The fourth-order valence-electron chi connectivity index (χ4n) is 3.92. The molecular formula is C16H20ClNOS. The average molecular weight is 310 g/mol. The molecule has 1 aromatic rings. The molecule has 3 rings (SSSR count). The Morgan fingerprint density at radius 2 is 2.20 bits per heavy atom. The largest absolute Gasteiger partial charge is 0.341 e. The number of nitrogens with zero attached hydrogens (tertiary/aromatic N) is 1. The number of carbonyl (C=O) groups is 1. The molecule has 0 N–H and O–H groups in total. The van der Waals surface area contributed by atoms with E-state index in [9.17, 15) is 4.79 Å². The molecule has 1 amide bonds. The SMILES string of the molecule is CN(CC1CC2CCC1C2)C(=O)c1cc(S)ccc1Cl. The van der Waals surface area contributed by atoms with Gasteiger partial charge in [-0.05, 0) is 55.2 Å². The number of halogens is 1. The molecule has 2 bridgehead atoms. The standard InChI is InChI=1S/C16H20ClNOS/c1-18(9-12-7-10-2-3-11(12)6-10)16(19)14-8-13(20)4-5-15(14)17/h4-5,8,10-12,20H,2-3,6-7,9H2,1H3. The molecular weight excluding hydrogens is 290 g/mol. The maximum absolute atomic E-state index is 12.5. The summed E-state index contributed by atoms with van der Waals surface area (Å²) in [6, 6.07) is 5.30. The Morgan fingerprint density at radius 3 is 2.85 bits per heavy atom. The highest BCUT2D eigenvalue weighted by molar-refractivity contribution is 7.80. The molecule has 108 valence electrons. The minimum Gasteiger partial charge on any atom is -0.341 e. The number of amides is 1. The first kappa shape index (κ1) is 14.3. The summed E-state index contributed by atoms with van der Waals surface area (Å²) in [4.78, 5) is 15.1. The first-order valence-electron chi connectivity index (χ1n) is 7.28. The van der Waals surface area contributed by atoms with E-state index in [4.69, 9.17) is 11.6 Å². The Hall–Kier alpha value is -0.670. The lowest BCUT2D eigenvalue weighted by atomic mass is 9.88. The van der Waals surface area contributed by atoms with Gasteiger partial charge in [0.1, 0.15) is 0 Å². The molecule has 20 heavy (non-hydrogen) atoms. The van der Waals surface area contributed by atoms with E-state index in [1.165, 1.54) is 25.7 Å². The van der Waals surface area contributed by atoms with Crippen LogP contribution in [-0.4, -0.2) is 24.4 Å². The smallest absolute Gasteiger partial charge is 0.255 e. The van der Waals surface area contributed by atoms with Gasteiger partial charge in [-0.25, -0.2) is 0 Å². The Balaban J connectivity index is 1.69. The van der Waals surface area contributed by atoms with Gasteiger partial charge in [0, 0.05) is 18.5 Å². The van der Waals surface area contributed by atoms with Crippen molar-refractivity contribution in [1.29, 1.82) is 0 Å². The molecule has 0 aromatic heterocycles. The van der Waals surface area contributed by atoms with Crippen LogP contribution in [0.3, 0.4) is 0 Å². The van der Waals surface area contributed by atoms with E-state index in [-0.39, 0.29) is 5.91 Å². The summed E-state index contributed by atoms with van der Waals surface area (Å²) in [6.07, 6.45) is 5.42. The topological polar surface area (TPSA) is 20.3 Å². The molecule has 2 saturated carbocycles. The Morgan fingerprint density at radius 1 is 1.40 bits per heavy atom. The predicted molar refractivity (Wildman–Crippen MR) is 84.6 cm³/mol. The van der Waals surface area contributed by atoms with Crippen LogP contribution in [0.5, 0.6) is 0 Å². The number of rotatable bonds is 3. The van der Waals surface area contributed by atoms with Crippen LogP contribution < -0.4 is 0 Å². The van der Waals surface area contributed by atoms with Gasteiger partial charge in [0.25, 0.3) is 5.91 Å². The van der Waals surface area contributed by atoms with Crippen LogP contribution in [0.15, 0.2) is 23.1 Å². The van der Waals surface area contributed by atoms with Gasteiger partial charge < -0.3 is 4.90 Å². The third kappa shape index (κ3) is 2.71. The van der Waals surface area contributed by atoms with Crippen LogP contribution in [0, 0.1) is 17.8 Å². The van der Waals surface area contributed by atoms with Gasteiger partial charge in [0.05, 0.1) is 10.6 Å². The Labute approximate surface area is 130 Å². The zero-order valence-electron chi connectivity index (χ0n) is 11.7. The second-order valence-corrected chi connectivity index (χ2v) is 7.21. The quantitative estimate of drug-likeness (QED) is 0.832. The van der Waals surface area contributed by atoms with Gasteiger partial charge in [-0.3, -0.25) is 4.79 Å². The summed E-state index contributed by atoms with van der Waals surface area (Å²) in [5, 5.41) is 0.507. The van der Waals surface area contributed by atoms with Crippen molar-refractivity contribution < 1.29 is 4.79 Å². The molecule has 0 radical (unpaired) electrons. The predicted octanol–water partition coefficient (Wildman–Crippen LogP) is 4.14. The van der Waals surface area contributed by atoms with Crippen molar-refractivity contribution >= 4 is 30.1 Å². The van der Waals surface area contributed by atoms with E-state index < -0.39 is 0 Å². The van der Waals surface area contributed by atoms with Crippen molar-refractivity contribution in [2.45, 2.75) is 30.6 Å². The summed E-state index contributed by atoms with van der Waals surface area (Å²) >= 11 is 10.4. The lowest BCUT2D eigenvalue weighted by Crippen LogP contribution is -2.33. The van der Waals surface area contributed by atoms with E-state index in [2.05, 4.69) is 12.6 Å². The molecule has 0 saturated heterocycles. The van der Waals surface area contributed by atoms with Gasteiger partial charge >= 0.3 is 0 Å². The molecule has 0 heterocycles. The molecule has 1 aromatic carbocycles. The highest BCUT2D eigenvalue weighted by Gasteiger charge is 2.40. The van der Waals surface area contributed by atoms with Crippen molar-refractivity contribution in [3.63, 3.8) is 0 Å². The highest BCUT2D eigenvalue weighted by Crippen LogP contribution is 2.48. The lowest BCUT2D eigenvalue weighted by molar-refractivity contribution is 0.0754. The Kier molecular flexibility index (Phi) is 4.00. The van der Waals surface area contributed by atoms with Crippen molar-refractivity contribution in [1.82, 2.24) is 4.90 Å². The van der Waals surface area contributed by atoms with Gasteiger partial charge in [0.2, 0.25) is 0 Å². The van der Waals surface area contributed by atoms with Gasteiger partial charge in [0.15, 0.2) is 0 Å². The highest BCUT2D eigenvalue weighted by atomic mass is 35.5. The number of hydrogen-bond donors (Lipinski definition) is 1. The zero-order valence-corrected chi connectivity index (χ0v) is 13.3. The van der Waals surface area contributed by atoms with E-state index in [1.807, 2.05) is 11.9 Å². The van der Waals surface area contributed by atoms with Crippen LogP contribution in [0.25, 0.3) is 0 Å². The third-order valence-corrected chi connectivity index (χ3v) is 5.53. The number of thiol groups is 1. The van der Waals surface area contributed by atoms with Crippen LogP contribution in [0.1, 0.15) is 36.0 Å². The van der Waals surface area contributed by atoms with E-state index in [1.54, 1.807) is 18.2 Å². The molecule has 3 unspecified atom stereocenters. The minimum absolute atomic E-state index is 0.00803. The van der Waals surface area contributed by atoms with Crippen LogP contribution in [0.4, 0.5) is 0 Å². The minimum atomic E-state index is 0.00803. The number of benzene rings is 1. The van der Waals surface area contributed by atoms with Gasteiger partial charge in [-0.1, -0.05) is 18.0 Å². The number of hydrogen-bond acceptors (Lipinski definition) is 2. The first-order valence-corrected chi connectivity index (χ1v) is 8.11. The molecule has 3 atom stereocenters. The van der Waals surface area contributed by atoms with Crippen molar-refractivity contribution in [2.24, 2.45) is 17.8 Å². The average Bonchev–Trinajstić information content (AvgIpc) is 3.03. The molecule has 2 aliphatic rings. The van der Waals surface area contributed by atoms with Gasteiger partial charge in [-0.2, -0.15) is 0 Å². The van der Waals surface area contributed by atoms with Gasteiger partial charge in [-0.15, -0.1) is 12.6 Å². The molecule has 4 heteroatoms. The van der Waals surface area contributed by atoms with Crippen molar-refractivity contribution in [3.05, 3.63) is 28.8 Å². The first-order chi connectivity index (χ1) is 9.54. The fourth-order valence-corrected chi connectivity index (χ4v) is 4.32. The second-order valence-electron chi connectivity index (χ2n) is 6.28. The monoisotopic (exact) mass is 309 g/mol. The summed E-state index contributed by atoms with van der Waals surface area (Å²) in [5.41, 5.74) is 0.560.